The van der Waals surface area contributed by atoms with Gasteiger partial charge in [0.2, 0.25) is 11.7 Å². The first-order valence-electron chi connectivity index (χ1n) is 9.70. The summed E-state index contributed by atoms with van der Waals surface area (Å²) in [6, 6.07) is 17.6. The lowest BCUT2D eigenvalue weighted by molar-refractivity contribution is 0.0547. The number of halogens is 1. The van der Waals surface area contributed by atoms with E-state index in [-0.39, 0.29) is 6.10 Å². The Kier molecular flexibility index (Phi) is 6.05. The molecule has 1 aliphatic heterocycles. The number of benzene rings is 2. The second kappa shape index (κ2) is 8.86. The first-order valence-corrected chi connectivity index (χ1v) is 10.1. The summed E-state index contributed by atoms with van der Waals surface area (Å²) in [7, 11) is 0. The number of nitrogens with zero attached hydrogens (tertiary/aromatic N) is 3. The molecule has 0 saturated carbocycles. The maximum atomic E-state index is 10.6. The third kappa shape index (κ3) is 4.79. The Morgan fingerprint density at radius 3 is 2.50 bits per heavy atom. The Hall–Kier alpha value is -2.21. The number of aliphatic hydroxyl groups is 1. The van der Waals surface area contributed by atoms with Crippen LogP contribution in [0.15, 0.2) is 59.1 Å². The van der Waals surface area contributed by atoms with Gasteiger partial charge in [0.25, 0.3) is 0 Å². The van der Waals surface area contributed by atoms with Crippen molar-refractivity contribution in [1.82, 2.24) is 15.0 Å². The van der Waals surface area contributed by atoms with Gasteiger partial charge in [-0.05, 0) is 68.1 Å². The van der Waals surface area contributed by atoms with Crippen LogP contribution in [0.3, 0.4) is 0 Å². The van der Waals surface area contributed by atoms with Gasteiger partial charge in [0.05, 0.1) is 12.6 Å². The van der Waals surface area contributed by atoms with Gasteiger partial charge in [-0.15, -0.1) is 0 Å². The van der Waals surface area contributed by atoms with Crippen LogP contribution in [0.2, 0.25) is 5.02 Å². The molecule has 0 aliphatic carbocycles. The molecule has 1 saturated heterocycles. The molecule has 0 amide bonds. The summed E-state index contributed by atoms with van der Waals surface area (Å²) in [5.74, 6) is 1.54. The Balaban J connectivity index is 1.28. The van der Waals surface area contributed by atoms with Gasteiger partial charge in [-0.3, -0.25) is 4.90 Å². The third-order valence-corrected chi connectivity index (χ3v) is 5.65. The van der Waals surface area contributed by atoms with Crippen molar-refractivity contribution in [3.8, 4) is 11.4 Å². The summed E-state index contributed by atoms with van der Waals surface area (Å²) in [6.45, 7) is 2.49. The van der Waals surface area contributed by atoms with Crippen molar-refractivity contribution in [3.63, 3.8) is 0 Å². The first kappa shape index (κ1) is 19.1. The molecule has 0 bridgehead atoms. The van der Waals surface area contributed by atoms with Crippen LogP contribution in [-0.2, 0) is 13.0 Å². The maximum Gasteiger partial charge on any atom is 0.241 e. The molecule has 1 aliphatic rings. The van der Waals surface area contributed by atoms with Crippen LogP contribution < -0.4 is 0 Å². The predicted octanol–water partition coefficient (Wildman–Crippen LogP) is 4.21. The second-order valence-electron chi connectivity index (χ2n) is 7.39. The zero-order valence-electron chi connectivity index (χ0n) is 15.7. The summed E-state index contributed by atoms with van der Waals surface area (Å²) in [5, 5.41) is 15.3. The van der Waals surface area contributed by atoms with Crippen LogP contribution in [0.5, 0.6) is 0 Å². The largest absolute Gasteiger partial charge is 0.392 e. The van der Waals surface area contributed by atoms with E-state index in [0.717, 1.165) is 37.9 Å². The minimum atomic E-state index is -0.288. The summed E-state index contributed by atoms with van der Waals surface area (Å²) in [5.41, 5.74) is 2.08. The molecule has 5 nitrogen and oxygen atoms in total. The summed E-state index contributed by atoms with van der Waals surface area (Å²) >= 11 is 5.92. The minimum absolute atomic E-state index is 0.288. The van der Waals surface area contributed by atoms with Gasteiger partial charge >= 0.3 is 0 Å². The topological polar surface area (TPSA) is 62.4 Å². The van der Waals surface area contributed by atoms with Crippen molar-refractivity contribution in [2.45, 2.75) is 31.9 Å². The standard InChI is InChI=1S/C22H24ClN3O2/c23-19-8-6-18(7-9-19)22-24-21(28-25-22)15-26-12-10-17(11-13-26)20(27)14-16-4-2-1-3-5-16/h1-9,17,20,27H,10-15H2/t20-/m0/s1. The number of aromatic nitrogens is 2. The molecule has 0 unspecified atom stereocenters. The monoisotopic (exact) mass is 397 g/mol. The predicted molar refractivity (Wildman–Crippen MR) is 109 cm³/mol. The highest BCUT2D eigenvalue weighted by Crippen LogP contribution is 2.25. The van der Waals surface area contributed by atoms with Crippen LogP contribution >= 0.6 is 11.6 Å². The quantitative estimate of drug-likeness (QED) is 0.675. The highest BCUT2D eigenvalue weighted by Gasteiger charge is 2.26. The van der Waals surface area contributed by atoms with Crippen LogP contribution in [0.25, 0.3) is 11.4 Å². The fourth-order valence-corrected chi connectivity index (χ4v) is 3.87. The summed E-state index contributed by atoms with van der Waals surface area (Å²) in [4.78, 5) is 6.81. The van der Waals surface area contributed by atoms with Gasteiger partial charge in [-0.2, -0.15) is 4.98 Å². The zero-order chi connectivity index (χ0) is 19.3. The Bertz CT molecular complexity index is 874. The molecule has 2 aromatic carbocycles. The van der Waals surface area contributed by atoms with Crippen molar-refractivity contribution in [2.75, 3.05) is 13.1 Å². The van der Waals surface area contributed by atoms with Crippen molar-refractivity contribution in [1.29, 1.82) is 0 Å². The van der Waals surface area contributed by atoms with Gasteiger partial charge in [-0.25, -0.2) is 0 Å². The van der Waals surface area contributed by atoms with Crippen LogP contribution in [0.1, 0.15) is 24.3 Å². The van der Waals surface area contributed by atoms with Gasteiger partial charge in [0, 0.05) is 10.6 Å². The van der Waals surface area contributed by atoms with E-state index in [2.05, 4.69) is 27.2 Å². The molecule has 2 heterocycles. The number of hydrogen-bond acceptors (Lipinski definition) is 5. The maximum absolute atomic E-state index is 10.6. The van der Waals surface area contributed by atoms with Gasteiger partial charge in [-0.1, -0.05) is 47.1 Å². The molecule has 4 rings (SSSR count). The summed E-state index contributed by atoms with van der Waals surface area (Å²) in [6.07, 6.45) is 2.39. The van der Waals surface area contributed by atoms with Crippen molar-refractivity contribution in [3.05, 3.63) is 71.1 Å². The zero-order valence-corrected chi connectivity index (χ0v) is 16.4. The molecule has 3 aromatic rings. The second-order valence-corrected chi connectivity index (χ2v) is 7.83. The highest BCUT2D eigenvalue weighted by molar-refractivity contribution is 6.30. The molecular formula is C22H24ClN3O2. The van der Waals surface area contributed by atoms with E-state index < -0.39 is 0 Å². The third-order valence-electron chi connectivity index (χ3n) is 5.39. The lowest BCUT2D eigenvalue weighted by Crippen LogP contribution is -2.38. The summed E-state index contributed by atoms with van der Waals surface area (Å²) < 4.78 is 5.42. The number of likely N-dealkylation sites (tertiary alicyclic amines) is 1. The van der Waals surface area contributed by atoms with Gasteiger partial charge < -0.3 is 9.63 Å². The van der Waals surface area contributed by atoms with E-state index in [0.29, 0.717) is 29.2 Å². The molecule has 1 fully saturated rings. The van der Waals surface area contributed by atoms with Crippen LogP contribution in [0.4, 0.5) is 0 Å². The normalized spacial score (nSPS) is 16.9. The average Bonchev–Trinajstić information content (AvgIpc) is 3.18. The van der Waals surface area contributed by atoms with Gasteiger partial charge in [0.1, 0.15) is 0 Å². The Morgan fingerprint density at radius 1 is 1.07 bits per heavy atom. The van der Waals surface area contributed by atoms with Crippen LogP contribution in [0, 0.1) is 5.92 Å². The van der Waals surface area contributed by atoms with E-state index in [1.807, 2.05) is 42.5 Å². The smallest absolute Gasteiger partial charge is 0.241 e. The van der Waals surface area contributed by atoms with E-state index >= 15 is 0 Å². The highest BCUT2D eigenvalue weighted by atomic mass is 35.5. The molecule has 6 heteroatoms. The Morgan fingerprint density at radius 2 is 1.79 bits per heavy atom. The molecule has 28 heavy (non-hydrogen) atoms. The lowest BCUT2D eigenvalue weighted by atomic mass is 9.88. The minimum Gasteiger partial charge on any atom is -0.392 e. The van der Waals surface area contributed by atoms with Crippen molar-refractivity contribution >= 4 is 11.6 Å². The number of rotatable bonds is 6. The fourth-order valence-electron chi connectivity index (χ4n) is 3.74. The van der Waals surface area contributed by atoms with E-state index in [4.69, 9.17) is 16.1 Å². The fraction of sp³-hybridized carbons (Fsp3) is 0.364. The molecule has 1 N–H and O–H groups in total. The van der Waals surface area contributed by atoms with Crippen molar-refractivity contribution < 1.29 is 9.63 Å². The molecular weight excluding hydrogens is 374 g/mol. The SMILES string of the molecule is O[C@@H](Cc1ccccc1)C1CCN(Cc2nc(-c3ccc(Cl)cc3)no2)CC1. The van der Waals surface area contributed by atoms with E-state index in [1.165, 1.54) is 5.56 Å². The van der Waals surface area contributed by atoms with Gasteiger partial charge in [0.15, 0.2) is 0 Å². The Labute approximate surface area is 170 Å². The van der Waals surface area contributed by atoms with E-state index in [1.54, 1.807) is 0 Å². The number of aliphatic hydroxyl groups excluding tert-OH is 1. The molecule has 0 radical (unpaired) electrons. The number of piperidine rings is 1. The molecule has 0 spiro atoms. The molecule has 146 valence electrons. The average molecular weight is 398 g/mol. The molecule has 1 aromatic heterocycles. The molecule has 1 atom stereocenters. The number of hydrogen-bond donors (Lipinski definition) is 1. The lowest BCUT2D eigenvalue weighted by Gasteiger charge is -2.33. The van der Waals surface area contributed by atoms with Crippen LogP contribution in [-0.4, -0.2) is 39.3 Å². The van der Waals surface area contributed by atoms with E-state index in [9.17, 15) is 5.11 Å². The van der Waals surface area contributed by atoms with Crippen molar-refractivity contribution in [2.24, 2.45) is 5.92 Å². The first-order chi connectivity index (χ1) is 13.7.